The summed E-state index contributed by atoms with van der Waals surface area (Å²) in [6, 6.07) is 19.1. The van der Waals surface area contributed by atoms with Gasteiger partial charge >= 0.3 is 0 Å². The van der Waals surface area contributed by atoms with Gasteiger partial charge in [0.05, 0.1) is 17.1 Å². The molecule has 5 nitrogen and oxygen atoms in total. The van der Waals surface area contributed by atoms with Gasteiger partial charge in [0, 0.05) is 16.1 Å². The Morgan fingerprint density at radius 1 is 1.19 bits per heavy atom. The normalized spacial score (nSPS) is 11.0. The van der Waals surface area contributed by atoms with E-state index in [1.807, 2.05) is 67.6 Å². The topological polar surface area (TPSA) is 71.8 Å². The number of aromatic amines is 1. The Balaban J connectivity index is 0.00000261. The van der Waals surface area contributed by atoms with Crippen molar-refractivity contribution in [2.45, 2.75) is 6.92 Å². The average molecular weight is 510 g/mol. The highest BCUT2D eigenvalue weighted by Gasteiger charge is 2.13. The number of amidine groups is 1. The molecule has 3 aromatic rings. The van der Waals surface area contributed by atoms with Crippen molar-refractivity contribution in [2.75, 3.05) is 11.1 Å². The molecule has 3 N–H and O–H groups in total. The Hall–Kier alpha value is -1.90. The summed E-state index contributed by atoms with van der Waals surface area (Å²) in [5.74, 6) is 1.08. The van der Waals surface area contributed by atoms with Crippen molar-refractivity contribution >= 4 is 50.1 Å². The lowest BCUT2D eigenvalue weighted by Gasteiger charge is -2.05. The molecule has 140 valence electrons. The molecule has 27 heavy (non-hydrogen) atoms. The number of hydrogen-bond donors (Lipinski definition) is 3. The van der Waals surface area contributed by atoms with Crippen LogP contribution in [0.1, 0.15) is 16.1 Å². The van der Waals surface area contributed by atoms with Crippen LogP contribution in [0.25, 0.3) is 0 Å². The van der Waals surface area contributed by atoms with Crippen molar-refractivity contribution in [2.24, 2.45) is 0 Å². The van der Waals surface area contributed by atoms with Gasteiger partial charge in [0.1, 0.15) is 0 Å². The number of Topliss-reactive ketones (excluding diaryl/α,β-unsaturated/α-hetero) is 1. The molecule has 2 aromatic carbocycles. The second kappa shape index (κ2) is 10.4. The van der Waals surface area contributed by atoms with Gasteiger partial charge < -0.3 is 17.0 Å². The lowest BCUT2D eigenvalue weighted by molar-refractivity contribution is -0.355. The van der Waals surface area contributed by atoms with Gasteiger partial charge in [-0.3, -0.25) is 10.1 Å². The maximum atomic E-state index is 12.4. The minimum atomic E-state index is 0. The van der Waals surface area contributed by atoms with Crippen LogP contribution in [0, 0.1) is 6.92 Å². The summed E-state index contributed by atoms with van der Waals surface area (Å²) < 4.78 is 0.954. The van der Waals surface area contributed by atoms with E-state index >= 15 is 0 Å². The summed E-state index contributed by atoms with van der Waals surface area (Å²) in [4.78, 5) is 15.7. The predicted octanol–water partition coefficient (Wildman–Crippen LogP) is 0.281. The Bertz CT molecular complexity index is 911. The van der Waals surface area contributed by atoms with Crippen LogP contribution >= 0.6 is 27.7 Å². The third kappa shape index (κ3) is 6.64. The Labute approximate surface area is 181 Å². The van der Waals surface area contributed by atoms with Crippen molar-refractivity contribution in [1.29, 1.82) is 0 Å². The zero-order chi connectivity index (χ0) is 18.4. The van der Waals surface area contributed by atoms with Crippen LogP contribution in [0.2, 0.25) is 0 Å². The fourth-order valence-corrected chi connectivity index (χ4v) is 3.28. The molecule has 0 aliphatic rings. The summed E-state index contributed by atoms with van der Waals surface area (Å²) in [5, 5.41) is 11.1. The van der Waals surface area contributed by atoms with Crippen LogP contribution < -0.4 is 27.3 Å². The second-order valence-electron chi connectivity index (χ2n) is 5.60. The number of aryl methyl sites for hydroxylation is 1. The van der Waals surface area contributed by atoms with Gasteiger partial charge in [0.25, 0.3) is 11.0 Å². The number of thioether (sulfide) groups is 1. The molecule has 0 atom stereocenters. The van der Waals surface area contributed by atoms with Crippen LogP contribution in [0.5, 0.6) is 0 Å². The first-order valence-corrected chi connectivity index (χ1v) is 9.77. The van der Waals surface area contributed by atoms with E-state index in [0.29, 0.717) is 17.1 Å². The number of hydrogen-bond acceptors (Lipinski definition) is 3. The number of aromatic nitrogens is 2. The van der Waals surface area contributed by atoms with Crippen molar-refractivity contribution in [3.05, 3.63) is 76.4 Å². The van der Waals surface area contributed by atoms with Crippen molar-refractivity contribution in [1.82, 2.24) is 10.2 Å². The maximum absolute atomic E-state index is 12.4. The van der Waals surface area contributed by atoms with Crippen molar-refractivity contribution in [3.63, 3.8) is 0 Å². The summed E-state index contributed by atoms with van der Waals surface area (Å²) in [5.41, 5.74) is 2.59. The summed E-state index contributed by atoms with van der Waals surface area (Å²) in [6.45, 7) is 1.94. The lowest BCUT2D eigenvalue weighted by atomic mass is 10.2. The van der Waals surface area contributed by atoms with E-state index in [0.717, 1.165) is 21.0 Å². The largest absolute Gasteiger partial charge is 1.00 e. The fraction of sp³-hybridized carbons (Fsp3) is 0.105. The molecule has 8 heteroatoms. The zero-order valence-corrected chi connectivity index (χ0v) is 18.5. The Morgan fingerprint density at radius 2 is 1.89 bits per heavy atom. The summed E-state index contributed by atoms with van der Waals surface area (Å²) >= 11 is 4.79. The van der Waals surface area contributed by atoms with Gasteiger partial charge in [-0.25, -0.2) is 10.1 Å². The molecule has 1 aromatic heterocycles. The maximum Gasteiger partial charge on any atom is 0.286 e. The van der Waals surface area contributed by atoms with E-state index < -0.39 is 0 Å². The molecule has 0 aliphatic heterocycles. The molecule has 1 heterocycles. The number of halogens is 2. The van der Waals surface area contributed by atoms with Crippen LogP contribution in [-0.4, -0.2) is 26.9 Å². The summed E-state index contributed by atoms with van der Waals surface area (Å²) in [6.07, 6.45) is 0. The van der Waals surface area contributed by atoms with E-state index in [1.54, 1.807) is 0 Å². The SMILES string of the molecule is Cc1cc([NH+]=C(Nc2ccccc2)SCC(=O)c2ccc(Br)cc2)n[nH]1.[Br-]. The highest BCUT2D eigenvalue weighted by Crippen LogP contribution is 2.14. The number of rotatable bonds is 5. The molecule has 0 aliphatic carbocycles. The van der Waals surface area contributed by atoms with Gasteiger partial charge in [-0.2, -0.15) is 0 Å². The number of para-hydroxylation sites is 1. The standard InChI is InChI=1S/C19H17BrN4OS.BrH/c1-13-11-18(24-23-13)22-19(21-16-5-3-2-4-6-16)26-12-17(25)14-7-9-15(20)10-8-14;/h2-11H,12H2,1H3,(H2,21,22,23,24);1H. The smallest absolute Gasteiger partial charge is 0.286 e. The molecule has 0 unspecified atom stereocenters. The minimum Gasteiger partial charge on any atom is -1.00 e. The molecule has 0 bridgehead atoms. The third-order valence-electron chi connectivity index (χ3n) is 3.49. The zero-order valence-electron chi connectivity index (χ0n) is 14.5. The summed E-state index contributed by atoms with van der Waals surface area (Å²) in [7, 11) is 0. The Kier molecular flexibility index (Phi) is 8.27. The number of benzene rings is 2. The lowest BCUT2D eigenvalue weighted by Crippen LogP contribution is -3.00. The van der Waals surface area contributed by atoms with Crippen LogP contribution in [0.3, 0.4) is 0 Å². The monoisotopic (exact) mass is 508 g/mol. The predicted molar refractivity (Wildman–Crippen MR) is 110 cm³/mol. The fourth-order valence-electron chi connectivity index (χ4n) is 2.21. The number of ketones is 1. The molecular weight excluding hydrogens is 492 g/mol. The van der Waals surface area contributed by atoms with E-state index in [2.05, 4.69) is 36.4 Å². The first-order valence-electron chi connectivity index (χ1n) is 8.00. The number of carbonyl (C=O) groups is 1. The van der Waals surface area contributed by atoms with Gasteiger partial charge in [0.15, 0.2) is 5.78 Å². The number of carbonyl (C=O) groups excluding carboxylic acids is 1. The molecule has 0 amide bonds. The van der Waals surface area contributed by atoms with E-state index in [-0.39, 0.29) is 22.8 Å². The molecule has 0 saturated heterocycles. The van der Waals surface area contributed by atoms with E-state index in [1.165, 1.54) is 11.8 Å². The van der Waals surface area contributed by atoms with Gasteiger partial charge in [-0.05, 0) is 48.0 Å². The first kappa shape index (κ1) is 21.4. The molecule has 3 rings (SSSR count). The highest BCUT2D eigenvalue weighted by atomic mass is 79.9. The molecule has 0 fully saturated rings. The van der Waals surface area contributed by atoms with Crippen LogP contribution in [-0.2, 0) is 0 Å². The second-order valence-corrected chi connectivity index (χ2v) is 7.50. The van der Waals surface area contributed by atoms with Gasteiger partial charge in [-0.15, -0.1) is 0 Å². The molecular formula is C19H18Br2N4OS. The molecule has 0 radical (unpaired) electrons. The minimum absolute atomic E-state index is 0. The number of H-pyrrole nitrogens is 1. The van der Waals surface area contributed by atoms with Crippen molar-refractivity contribution < 1.29 is 26.8 Å². The van der Waals surface area contributed by atoms with Gasteiger partial charge in [0.2, 0.25) is 0 Å². The number of nitrogens with zero attached hydrogens (tertiary/aromatic N) is 1. The number of anilines is 1. The third-order valence-corrected chi connectivity index (χ3v) is 4.92. The highest BCUT2D eigenvalue weighted by molar-refractivity contribution is 9.10. The molecule has 0 spiro atoms. The van der Waals surface area contributed by atoms with E-state index in [4.69, 9.17) is 0 Å². The quantitative estimate of drug-likeness (QED) is 0.262. The van der Waals surface area contributed by atoms with Crippen LogP contribution in [0.15, 0.2) is 65.1 Å². The van der Waals surface area contributed by atoms with Gasteiger partial charge in [-0.1, -0.05) is 46.3 Å². The van der Waals surface area contributed by atoms with Crippen molar-refractivity contribution in [3.8, 4) is 0 Å². The Morgan fingerprint density at radius 3 is 2.52 bits per heavy atom. The number of nitrogens with one attached hydrogen (secondary N) is 3. The molecule has 0 saturated carbocycles. The average Bonchev–Trinajstić information content (AvgIpc) is 3.05. The first-order chi connectivity index (χ1) is 12.6. The van der Waals surface area contributed by atoms with E-state index in [9.17, 15) is 4.79 Å². The van der Waals surface area contributed by atoms with Crippen LogP contribution in [0.4, 0.5) is 11.5 Å².